The van der Waals surface area contributed by atoms with Gasteiger partial charge in [0.25, 0.3) is 0 Å². The topological polar surface area (TPSA) is 20.3 Å². The van der Waals surface area contributed by atoms with E-state index in [9.17, 15) is 18.0 Å². The number of carbonyl (C=O) groups excluding carboxylic acids is 1. The summed E-state index contributed by atoms with van der Waals surface area (Å²) in [6.45, 7) is 1.59. The molecule has 1 amide bonds. The Morgan fingerprint density at radius 1 is 1.28 bits per heavy atom. The van der Waals surface area contributed by atoms with Crippen molar-refractivity contribution in [3.05, 3.63) is 48.0 Å². The van der Waals surface area contributed by atoms with Gasteiger partial charge in [-0.25, -0.2) is 0 Å². The first-order valence-corrected chi connectivity index (χ1v) is 5.46. The van der Waals surface area contributed by atoms with Gasteiger partial charge in [-0.2, -0.15) is 13.2 Å². The molecular weight excluding hydrogens is 243 g/mol. The molecular formula is C13H14F3NO. The van der Waals surface area contributed by atoms with Crippen LogP contribution >= 0.6 is 0 Å². The van der Waals surface area contributed by atoms with E-state index in [1.807, 2.05) is 0 Å². The molecule has 98 valence electrons. The lowest BCUT2D eigenvalue weighted by atomic mass is 10.2. The summed E-state index contributed by atoms with van der Waals surface area (Å²) in [7, 11) is 0. The molecule has 1 aromatic rings. The van der Waals surface area contributed by atoms with Crippen LogP contribution in [-0.4, -0.2) is 23.5 Å². The summed E-state index contributed by atoms with van der Waals surface area (Å²) in [5.74, 6) is -1.82. The third kappa shape index (κ3) is 4.24. The van der Waals surface area contributed by atoms with Crippen molar-refractivity contribution in [3.63, 3.8) is 0 Å². The minimum absolute atomic E-state index is 0.0518. The summed E-state index contributed by atoms with van der Waals surface area (Å²) in [4.78, 5) is 12.0. The normalized spacial score (nSPS) is 11.8. The van der Waals surface area contributed by atoms with Gasteiger partial charge >= 0.3 is 12.1 Å². The first-order valence-electron chi connectivity index (χ1n) is 5.46. The van der Waals surface area contributed by atoms with E-state index in [1.165, 1.54) is 6.08 Å². The van der Waals surface area contributed by atoms with Gasteiger partial charge in [0.05, 0.1) is 0 Å². The Bertz CT molecular complexity index is 412. The number of nitrogens with zero attached hydrogens (tertiary/aromatic N) is 1. The zero-order valence-electron chi connectivity index (χ0n) is 9.95. The highest BCUT2D eigenvalue weighted by Gasteiger charge is 2.42. The van der Waals surface area contributed by atoms with E-state index in [-0.39, 0.29) is 13.1 Å². The molecule has 0 unspecified atom stereocenters. The molecule has 0 aliphatic rings. The maximum absolute atomic E-state index is 12.4. The largest absolute Gasteiger partial charge is 0.471 e. The molecule has 0 bridgehead atoms. The maximum atomic E-state index is 12.4. The molecule has 0 heterocycles. The second-order valence-electron chi connectivity index (χ2n) is 3.74. The number of benzene rings is 1. The molecule has 0 fully saturated rings. The van der Waals surface area contributed by atoms with E-state index in [0.29, 0.717) is 5.56 Å². The fraction of sp³-hybridized carbons (Fsp3) is 0.308. The Kier molecular flexibility index (Phi) is 4.95. The Labute approximate surface area is 104 Å². The molecule has 18 heavy (non-hydrogen) atoms. The molecule has 0 radical (unpaired) electrons. The Morgan fingerprint density at radius 3 is 2.39 bits per heavy atom. The second-order valence-corrected chi connectivity index (χ2v) is 3.74. The van der Waals surface area contributed by atoms with E-state index in [4.69, 9.17) is 0 Å². The van der Waals surface area contributed by atoms with Crippen molar-refractivity contribution in [1.29, 1.82) is 0 Å². The van der Waals surface area contributed by atoms with Gasteiger partial charge in [-0.15, -0.1) is 0 Å². The molecule has 0 atom stereocenters. The monoisotopic (exact) mass is 257 g/mol. The molecule has 0 aliphatic carbocycles. The van der Waals surface area contributed by atoms with Gasteiger partial charge in [0.15, 0.2) is 0 Å². The van der Waals surface area contributed by atoms with Crippen molar-refractivity contribution in [3.8, 4) is 0 Å². The summed E-state index contributed by atoms with van der Waals surface area (Å²) in [5.41, 5.74) is 0.666. The van der Waals surface area contributed by atoms with Gasteiger partial charge in [0.2, 0.25) is 0 Å². The van der Waals surface area contributed by atoms with Crippen LogP contribution in [0.4, 0.5) is 13.2 Å². The molecule has 1 aromatic carbocycles. The first kappa shape index (κ1) is 14.3. The average Bonchev–Trinajstić information content (AvgIpc) is 2.33. The number of carbonyl (C=O) groups is 1. The fourth-order valence-electron chi connectivity index (χ4n) is 1.44. The lowest BCUT2D eigenvalue weighted by Gasteiger charge is -2.22. The lowest BCUT2D eigenvalue weighted by Crippen LogP contribution is -2.40. The number of alkyl halides is 3. The second kappa shape index (κ2) is 6.23. The van der Waals surface area contributed by atoms with Crippen molar-refractivity contribution in [2.24, 2.45) is 0 Å². The van der Waals surface area contributed by atoms with Crippen LogP contribution in [0.15, 0.2) is 42.5 Å². The smallest absolute Gasteiger partial charge is 0.327 e. The molecule has 1 rings (SSSR count). The first-order chi connectivity index (χ1) is 8.45. The van der Waals surface area contributed by atoms with Gasteiger partial charge < -0.3 is 4.90 Å². The predicted octanol–water partition coefficient (Wildman–Crippen LogP) is 3.15. The zero-order chi connectivity index (χ0) is 13.6. The Balaban J connectivity index is 2.82. The quantitative estimate of drug-likeness (QED) is 0.759. The summed E-state index contributed by atoms with van der Waals surface area (Å²) in [6.07, 6.45) is -1.70. The average molecular weight is 257 g/mol. The molecule has 2 nitrogen and oxygen atoms in total. The SMILES string of the molecule is C/C=C/CN(Cc1ccccc1)C(=O)C(F)(F)F. The van der Waals surface area contributed by atoms with Crippen molar-refractivity contribution >= 4 is 5.91 Å². The van der Waals surface area contributed by atoms with Crippen LogP contribution in [-0.2, 0) is 11.3 Å². The molecule has 0 N–H and O–H groups in total. The van der Waals surface area contributed by atoms with Crippen LogP contribution in [0.2, 0.25) is 0 Å². The number of hydrogen-bond acceptors (Lipinski definition) is 1. The lowest BCUT2D eigenvalue weighted by molar-refractivity contribution is -0.185. The molecule has 5 heteroatoms. The number of amides is 1. The van der Waals surface area contributed by atoms with Gasteiger partial charge in [0, 0.05) is 13.1 Å². The van der Waals surface area contributed by atoms with Crippen molar-refractivity contribution < 1.29 is 18.0 Å². The highest BCUT2D eigenvalue weighted by Crippen LogP contribution is 2.20. The predicted molar refractivity (Wildman–Crippen MR) is 62.7 cm³/mol. The van der Waals surface area contributed by atoms with Gasteiger partial charge in [-0.3, -0.25) is 4.79 Å². The van der Waals surface area contributed by atoms with Crippen LogP contribution in [0.5, 0.6) is 0 Å². The minimum Gasteiger partial charge on any atom is -0.327 e. The number of allylic oxidation sites excluding steroid dienone is 1. The fourth-order valence-corrected chi connectivity index (χ4v) is 1.44. The maximum Gasteiger partial charge on any atom is 0.471 e. The molecule has 0 saturated carbocycles. The van der Waals surface area contributed by atoms with E-state index in [2.05, 4.69) is 0 Å². The van der Waals surface area contributed by atoms with E-state index < -0.39 is 12.1 Å². The van der Waals surface area contributed by atoms with Crippen LogP contribution in [0.3, 0.4) is 0 Å². The molecule has 0 spiro atoms. The van der Waals surface area contributed by atoms with Crippen molar-refractivity contribution in [2.75, 3.05) is 6.54 Å². The van der Waals surface area contributed by atoms with Crippen LogP contribution in [0.25, 0.3) is 0 Å². The zero-order valence-corrected chi connectivity index (χ0v) is 9.95. The number of rotatable bonds is 4. The Morgan fingerprint density at radius 2 is 1.89 bits per heavy atom. The minimum atomic E-state index is -4.84. The summed E-state index contributed by atoms with van der Waals surface area (Å²) in [5, 5.41) is 0. The summed E-state index contributed by atoms with van der Waals surface area (Å²) in [6, 6.07) is 8.59. The summed E-state index contributed by atoms with van der Waals surface area (Å²) < 4.78 is 37.2. The van der Waals surface area contributed by atoms with Crippen molar-refractivity contribution in [2.45, 2.75) is 19.6 Å². The highest BCUT2D eigenvalue weighted by molar-refractivity contribution is 5.82. The summed E-state index contributed by atoms with van der Waals surface area (Å²) >= 11 is 0. The van der Waals surface area contributed by atoms with E-state index >= 15 is 0 Å². The standard InChI is InChI=1S/C13H14F3NO/c1-2-3-9-17(12(18)13(14,15)16)10-11-7-5-4-6-8-11/h2-8H,9-10H2,1H3/b3-2+. The van der Waals surface area contributed by atoms with Crippen LogP contribution in [0.1, 0.15) is 12.5 Å². The third-order valence-electron chi connectivity index (χ3n) is 2.31. The van der Waals surface area contributed by atoms with E-state index in [1.54, 1.807) is 43.3 Å². The van der Waals surface area contributed by atoms with Gasteiger partial charge in [-0.05, 0) is 12.5 Å². The molecule has 0 aliphatic heterocycles. The molecule has 0 saturated heterocycles. The highest BCUT2D eigenvalue weighted by atomic mass is 19.4. The third-order valence-corrected chi connectivity index (χ3v) is 2.31. The van der Waals surface area contributed by atoms with Gasteiger partial charge in [0.1, 0.15) is 0 Å². The van der Waals surface area contributed by atoms with E-state index in [0.717, 1.165) is 4.90 Å². The van der Waals surface area contributed by atoms with Crippen molar-refractivity contribution in [1.82, 2.24) is 4.90 Å². The Hall–Kier alpha value is -1.78. The van der Waals surface area contributed by atoms with Crippen LogP contribution in [0, 0.1) is 0 Å². The van der Waals surface area contributed by atoms with Gasteiger partial charge in [-0.1, -0.05) is 42.5 Å². The van der Waals surface area contributed by atoms with Crippen LogP contribution < -0.4 is 0 Å². The number of halogens is 3. The number of hydrogen-bond donors (Lipinski definition) is 0. The molecule has 0 aromatic heterocycles.